The Morgan fingerprint density at radius 1 is 1.18 bits per heavy atom. The van der Waals surface area contributed by atoms with Crippen molar-refractivity contribution in [3.63, 3.8) is 0 Å². The highest BCUT2D eigenvalue weighted by Gasteiger charge is 2.30. The Morgan fingerprint density at radius 2 is 1.89 bits per heavy atom. The van der Waals surface area contributed by atoms with Gasteiger partial charge in [0.25, 0.3) is 10.0 Å². The van der Waals surface area contributed by atoms with Crippen LogP contribution in [0.4, 0.5) is 20.3 Å². The number of fused-ring (bicyclic) bond motifs is 1. The molecule has 10 heteroatoms. The topological polar surface area (TPSA) is 104 Å². The Kier molecular flexibility index (Phi) is 4.50. The Hall–Kier alpha value is -3.01. The van der Waals surface area contributed by atoms with Crippen molar-refractivity contribution in [3.8, 4) is 11.1 Å². The highest BCUT2D eigenvalue weighted by molar-refractivity contribution is 7.93. The number of benzene rings is 1. The van der Waals surface area contributed by atoms with Crippen molar-refractivity contribution in [3.05, 3.63) is 42.6 Å². The number of sulfonamides is 1. The summed E-state index contributed by atoms with van der Waals surface area (Å²) < 4.78 is 49.4. The van der Waals surface area contributed by atoms with Crippen molar-refractivity contribution in [2.75, 3.05) is 10.0 Å². The molecule has 1 amide bonds. The van der Waals surface area contributed by atoms with E-state index in [-0.39, 0.29) is 17.5 Å². The second-order valence-electron chi connectivity index (χ2n) is 6.54. The van der Waals surface area contributed by atoms with Crippen LogP contribution in [0.15, 0.2) is 42.6 Å². The molecule has 2 heterocycles. The van der Waals surface area contributed by atoms with Crippen LogP contribution < -0.4 is 10.0 Å². The fourth-order valence-corrected chi connectivity index (χ4v) is 3.39. The molecule has 0 bridgehead atoms. The Bertz CT molecular complexity index is 1140. The predicted molar refractivity (Wildman–Crippen MR) is 101 cm³/mol. The van der Waals surface area contributed by atoms with E-state index in [4.69, 9.17) is 0 Å². The molecule has 0 spiro atoms. The van der Waals surface area contributed by atoms with E-state index >= 15 is 0 Å². The van der Waals surface area contributed by atoms with Gasteiger partial charge in [-0.3, -0.25) is 9.52 Å². The van der Waals surface area contributed by atoms with Gasteiger partial charge in [-0.1, -0.05) is 12.1 Å². The van der Waals surface area contributed by atoms with E-state index < -0.39 is 15.8 Å². The van der Waals surface area contributed by atoms with E-state index in [9.17, 15) is 22.0 Å². The first-order valence-electron chi connectivity index (χ1n) is 8.53. The summed E-state index contributed by atoms with van der Waals surface area (Å²) in [5, 5.41) is 3.62. The normalized spacial score (nSPS) is 14.4. The SMILES string of the molecule is O=C(Nc1cc(-c2ccc(NS(=O)(=O)C(F)F)cc2)c2cc[nH]c2n1)C1CC1. The molecule has 0 unspecified atom stereocenters. The average molecular weight is 406 g/mol. The molecule has 1 fully saturated rings. The fourth-order valence-electron chi connectivity index (χ4n) is 2.84. The maximum Gasteiger partial charge on any atom is 0.355 e. The lowest BCUT2D eigenvalue weighted by Crippen LogP contribution is -2.20. The summed E-state index contributed by atoms with van der Waals surface area (Å²) in [7, 11) is -4.72. The zero-order valence-corrected chi connectivity index (χ0v) is 15.3. The number of amides is 1. The number of hydrogen-bond acceptors (Lipinski definition) is 4. The summed E-state index contributed by atoms with van der Waals surface area (Å²) in [4.78, 5) is 19.4. The van der Waals surface area contributed by atoms with Crippen LogP contribution in [-0.4, -0.2) is 30.1 Å². The van der Waals surface area contributed by atoms with E-state index in [1.54, 1.807) is 24.4 Å². The average Bonchev–Trinajstić information content (AvgIpc) is 3.40. The number of H-pyrrole nitrogens is 1. The fraction of sp³-hybridized carbons (Fsp3) is 0.222. The van der Waals surface area contributed by atoms with Gasteiger partial charge < -0.3 is 10.3 Å². The van der Waals surface area contributed by atoms with Gasteiger partial charge in [0.05, 0.1) is 0 Å². The molecule has 28 heavy (non-hydrogen) atoms. The second-order valence-corrected chi connectivity index (χ2v) is 8.19. The third-order valence-corrected chi connectivity index (χ3v) is 5.41. The zero-order chi connectivity index (χ0) is 19.9. The minimum absolute atomic E-state index is 0.0330. The van der Waals surface area contributed by atoms with Gasteiger partial charge in [-0.15, -0.1) is 0 Å². The molecule has 146 valence electrons. The molecular weight excluding hydrogens is 390 g/mol. The third kappa shape index (κ3) is 3.68. The number of nitrogens with one attached hydrogen (secondary N) is 3. The van der Waals surface area contributed by atoms with E-state index in [0.29, 0.717) is 17.0 Å². The van der Waals surface area contributed by atoms with Gasteiger partial charge in [-0.05, 0) is 48.2 Å². The summed E-state index contributed by atoms with van der Waals surface area (Å²) in [5.41, 5.74) is 2.10. The quantitative estimate of drug-likeness (QED) is 0.582. The third-order valence-electron chi connectivity index (χ3n) is 4.42. The van der Waals surface area contributed by atoms with Crippen LogP contribution in [0.1, 0.15) is 12.8 Å². The lowest BCUT2D eigenvalue weighted by Gasteiger charge is -2.10. The smallest absolute Gasteiger partial charge is 0.346 e. The molecule has 0 atom stereocenters. The molecule has 2 aromatic heterocycles. The number of anilines is 2. The number of aromatic amines is 1. The number of hydrogen-bond donors (Lipinski definition) is 3. The lowest BCUT2D eigenvalue weighted by molar-refractivity contribution is -0.117. The molecule has 0 radical (unpaired) electrons. The molecule has 1 saturated carbocycles. The number of carbonyl (C=O) groups excluding carboxylic acids is 1. The lowest BCUT2D eigenvalue weighted by atomic mass is 10.0. The Balaban J connectivity index is 1.66. The van der Waals surface area contributed by atoms with Gasteiger partial charge in [-0.2, -0.15) is 8.78 Å². The summed E-state index contributed by atoms with van der Waals surface area (Å²) in [6.07, 6.45) is 3.47. The van der Waals surface area contributed by atoms with Crippen LogP contribution in [0, 0.1) is 5.92 Å². The summed E-state index contributed by atoms with van der Waals surface area (Å²) in [5.74, 6) is -3.14. The van der Waals surface area contributed by atoms with Gasteiger partial charge in [0.1, 0.15) is 11.5 Å². The molecule has 3 aromatic rings. The number of carbonyl (C=O) groups is 1. The molecule has 7 nitrogen and oxygen atoms in total. The molecular formula is C18H16F2N4O3S. The first-order valence-corrected chi connectivity index (χ1v) is 10.1. The van der Waals surface area contributed by atoms with Crippen LogP contribution in [-0.2, 0) is 14.8 Å². The van der Waals surface area contributed by atoms with Gasteiger partial charge in [0.15, 0.2) is 0 Å². The first kappa shape index (κ1) is 18.4. The molecule has 3 N–H and O–H groups in total. The second kappa shape index (κ2) is 6.86. The maximum atomic E-state index is 12.5. The van der Waals surface area contributed by atoms with E-state index in [1.165, 1.54) is 12.1 Å². The monoisotopic (exact) mass is 406 g/mol. The minimum Gasteiger partial charge on any atom is -0.346 e. The number of halogens is 2. The molecule has 0 saturated heterocycles. The number of rotatable bonds is 6. The van der Waals surface area contributed by atoms with E-state index in [0.717, 1.165) is 23.8 Å². The molecule has 1 aliphatic rings. The first-order chi connectivity index (χ1) is 13.3. The van der Waals surface area contributed by atoms with Crippen molar-refractivity contribution in [2.24, 2.45) is 5.92 Å². The van der Waals surface area contributed by atoms with Crippen LogP contribution in [0.5, 0.6) is 0 Å². The molecule has 0 aliphatic heterocycles. The number of alkyl halides is 2. The molecule has 1 aliphatic carbocycles. The van der Waals surface area contributed by atoms with Crippen molar-refractivity contribution in [1.82, 2.24) is 9.97 Å². The van der Waals surface area contributed by atoms with Crippen molar-refractivity contribution < 1.29 is 22.0 Å². The zero-order valence-electron chi connectivity index (χ0n) is 14.4. The van der Waals surface area contributed by atoms with Crippen molar-refractivity contribution in [1.29, 1.82) is 0 Å². The largest absolute Gasteiger partial charge is 0.355 e. The van der Waals surface area contributed by atoms with Crippen LogP contribution in [0.2, 0.25) is 0 Å². The number of pyridine rings is 1. The van der Waals surface area contributed by atoms with E-state index in [1.807, 2.05) is 10.8 Å². The number of nitrogens with zero attached hydrogens (tertiary/aromatic N) is 1. The van der Waals surface area contributed by atoms with Gasteiger partial charge >= 0.3 is 5.76 Å². The molecule has 1 aromatic carbocycles. The van der Waals surface area contributed by atoms with Crippen LogP contribution >= 0.6 is 0 Å². The standard InChI is InChI=1S/C18H16F2N4O3S/c19-18(20)28(26,27)24-12-5-3-10(4-6-12)14-9-15(23-17(25)11-1-2-11)22-16-13(14)7-8-21-16/h3-9,11,18,24H,1-2H2,(H2,21,22,23,25). The Labute approximate surface area is 159 Å². The minimum atomic E-state index is -4.72. The van der Waals surface area contributed by atoms with Gasteiger partial charge in [-0.25, -0.2) is 13.4 Å². The summed E-state index contributed by atoms with van der Waals surface area (Å²) in [6.45, 7) is 0. The summed E-state index contributed by atoms with van der Waals surface area (Å²) in [6, 6.07) is 9.58. The highest BCUT2D eigenvalue weighted by atomic mass is 32.2. The van der Waals surface area contributed by atoms with Crippen LogP contribution in [0.25, 0.3) is 22.2 Å². The molecule has 4 rings (SSSR count). The summed E-state index contributed by atoms with van der Waals surface area (Å²) >= 11 is 0. The van der Waals surface area contributed by atoms with Crippen LogP contribution in [0.3, 0.4) is 0 Å². The van der Waals surface area contributed by atoms with Gasteiger partial charge in [0.2, 0.25) is 5.91 Å². The van der Waals surface area contributed by atoms with Crippen molar-refractivity contribution in [2.45, 2.75) is 18.6 Å². The van der Waals surface area contributed by atoms with E-state index in [2.05, 4.69) is 15.3 Å². The van der Waals surface area contributed by atoms with Gasteiger partial charge in [0, 0.05) is 23.2 Å². The number of aromatic nitrogens is 2. The maximum absolute atomic E-state index is 12.5. The Morgan fingerprint density at radius 3 is 2.54 bits per heavy atom. The predicted octanol–water partition coefficient (Wildman–Crippen LogP) is 3.54. The highest BCUT2D eigenvalue weighted by Crippen LogP contribution is 2.33. The van der Waals surface area contributed by atoms with Crippen molar-refractivity contribution >= 4 is 38.5 Å².